The smallest absolute Gasteiger partial charge is 0.243 e. The molecule has 2 N–H and O–H groups in total. The molecule has 0 atom stereocenters. The summed E-state index contributed by atoms with van der Waals surface area (Å²) in [4.78, 5) is 21.5. The maximum Gasteiger partial charge on any atom is 0.243 e. The quantitative estimate of drug-likeness (QED) is 0.567. The van der Waals surface area contributed by atoms with Crippen molar-refractivity contribution in [3.8, 4) is 11.3 Å². The molecule has 176 valence electrons. The zero-order chi connectivity index (χ0) is 23.7. The van der Waals surface area contributed by atoms with Gasteiger partial charge in [-0.2, -0.15) is 4.31 Å². The topological polar surface area (TPSA) is 104 Å². The number of hydrogen-bond acceptors (Lipinski definition) is 6. The van der Waals surface area contributed by atoms with Crippen LogP contribution in [0.5, 0.6) is 0 Å². The van der Waals surface area contributed by atoms with Gasteiger partial charge >= 0.3 is 0 Å². The molecule has 5 rings (SSSR count). The summed E-state index contributed by atoms with van der Waals surface area (Å²) in [5, 5.41) is 6.06. The van der Waals surface area contributed by atoms with Crippen molar-refractivity contribution < 1.29 is 13.2 Å². The molecule has 0 spiro atoms. The lowest BCUT2D eigenvalue weighted by Gasteiger charge is -2.30. The molecular formula is C25H27N5O3S. The van der Waals surface area contributed by atoms with Crippen LogP contribution in [0.2, 0.25) is 0 Å². The van der Waals surface area contributed by atoms with Gasteiger partial charge in [-0.25, -0.2) is 18.4 Å². The van der Waals surface area contributed by atoms with E-state index in [1.165, 1.54) is 10.7 Å². The first-order valence-electron chi connectivity index (χ1n) is 11.5. The van der Waals surface area contributed by atoms with Crippen molar-refractivity contribution >= 4 is 33.3 Å². The summed E-state index contributed by atoms with van der Waals surface area (Å²) in [5.41, 5.74) is 3.67. The van der Waals surface area contributed by atoms with Gasteiger partial charge in [-0.15, -0.1) is 0 Å². The first kappa shape index (κ1) is 22.5. The van der Waals surface area contributed by atoms with Crippen LogP contribution in [0.3, 0.4) is 0 Å². The fraction of sp³-hybridized carbons (Fsp3) is 0.320. The molecule has 34 heavy (non-hydrogen) atoms. The summed E-state index contributed by atoms with van der Waals surface area (Å²) in [5.74, 6) is 0.267. The lowest BCUT2D eigenvalue weighted by Crippen LogP contribution is -2.38. The van der Waals surface area contributed by atoms with Crippen molar-refractivity contribution in [3.63, 3.8) is 0 Å². The highest BCUT2D eigenvalue weighted by Gasteiger charge is 2.29. The summed E-state index contributed by atoms with van der Waals surface area (Å²) < 4.78 is 27.7. The predicted molar refractivity (Wildman–Crippen MR) is 131 cm³/mol. The standard InChI is InChI=1S/C25H27N5O3S/c1-30(19-7-3-2-4-8-19)34(32,33)20-13-11-18(12-14-20)27-25-26-16-17-15-23(31)28-22-10-6-5-9-21(22)24(17)29-25/h5-6,9-14,16,19H,2-4,7-8,15H2,1H3,(H,28,31)(H,26,27,29). The van der Waals surface area contributed by atoms with Gasteiger partial charge in [0.05, 0.1) is 22.7 Å². The van der Waals surface area contributed by atoms with Crippen molar-refractivity contribution in [2.45, 2.75) is 49.5 Å². The molecule has 0 unspecified atom stereocenters. The Balaban J connectivity index is 1.37. The van der Waals surface area contributed by atoms with Crippen LogP contribution in [0.4, 0.5) is 17.3 Å². The van der Waals surface area contributed by atoms with E-state index in [1.54, 1.807) is 37.5 Å². The van der Waals surface area contributed by atoms with E-state index < -0.39 is 10.0 Å². The Morgan fingerprint density at radius 3 is 2.53 bits per heavy atom. The number of benzene rings is 2. The van der Waals surface area contributed by atoms with E-state index in [0.29, 0.717) is 23.0 Å². The number of sulfonamides is 1. The molecule has 1 aromatic heterocycles. The fourth-order valence-electron chi connectivity index (χ4n) is 4.64. The summed E-state index contributed by atoms with van der Waals surface area (Å²) in [6.07, 6.45) is 7.00. The van der Waals surface area contributed by atoms with Crippen LogP contribution in [0.1, 0.15) is 37.7 Å². The van der Waals surface area contributed by atoms with Crippen LogP contribution >= 0.6 is 0 Å². The van der Waals surface area contributed by atoms with Gasteiger partial charge in [0.15, 0.2) is 0 Å². The Kier molecular flexibility index (Phi) is 6.05. The highest BCUT2D eigenvalue weighted by Crippen LogP contribution is 2.33. The Morgan fingerprint density at radius 1 is 1.03 bits per heavy atom. The number of para-hydroxylation sites is 1. The minimum absolute atomic E-state index is 0.0637. The van der Waals surface area contributed by atoms with Gasteiger partial charge in [-0.1, -0.05) is 37.5 Å². The summed E-state index contributed by atoms with van der Waals surface area (Å²) >= 11 is 0. The number of amides is 1. The monoisotopic (exact) mass is 477 g/mol. The second-order valence-electron chi connectivity index (χ2n) is 8.80. The Hall–Kier alpha value is -3.30. The van der Waals surface area contributed by atoms with E-state index in [1.807, 2.05) is 24.3 Å². The molecule has 1 fully saturated rings. The predicted octanol–water partition coefficient (Wildman–Crippen LogP) is 4.34. The maximum absolute atomic E-state index is 13.1. The lowest BCUT2D eigenvalue weighted by atomic mass is 9.96. The van der Waals surface area contributed by atoms with Crippen molar-refractivity contribution in [1.82, 2.24) is 14.3 Å². The van der Waals surface area contributed by atoms with E-state index in [4.69, 9.17) is 0 Å². The van der Waals surface area contributed by atoms with Gasteiger partial charge in [-0.3, -0.25) is 4.79 Å². The number of hydrogen-bond donors (Lipinski definition) is 2. The van der Waals surface area contributed by atoms with E-state index in [0.717, 1.165) is 36.8 Å². The molecule has 3 aromatic rings. The van der Waals surface area contributed by atoms with Crippen LogP contribution < -0.4 is 10.6 Å². The van der Waals surface area contributed by atoms with Crippen molar-refractivity contribution in [3.05, 3.63) is 60.3 Å². The molecule has 8 nitrogen and oxygen atoms in total. The number of aromatic nitrogens is 2. The molecule has 0 bridgehead atoms. The molecule has 0 saturated heterocycles. The second kappa shape index (κ2) is 9.15. The number of nitrogens with zero attached hydrogens (tertiary/aromatic N) is 3. The minimum atomic E-state index is -3.55. The maximum atomic E-state index is 13.1. The van der Waals surface area contributed by atoms with Gasteiger partial charge in [0.25, 0.3) is 0 Å². The molecule has 1 amide bonds. The number of nitrogens with one attached hydrogen (secondary N) is 2. The Labute approximate surface area is 199 Å². The first-order chi connectivity index (χ1) is 16.4. The molecule has 1 aliphatic heterocycles. The van der Waals surface area contributed by atoms with E-state index >= 15 is 0 Å². The van der Waals surface area contributed by atoms with Crippen molar-refractivity contribution in [2.75, 3.05) is 17.7 Å². The number of carbonyl (C=O) groups is 1. The zero-order valence-electron chi connectivity index (χ0n) is 19.0. The van der Waals surface area contributed by atoms with E-state index in [-0.39, 0.29) is 23.3 Å². The van der Waals surface area contributed by atoms with Crippen molar-refractivity contribution in [2.24, 2.45) is 0 Å². The summed E-state index contributed by atoms with van der Waals surface area (Å²) in [7, 11) is -1.87. The lowest BCUT2D eigenvalue weighted by molar-refractivity contribution is -0.115. The highest BCUT2D eigenvalue weighted by atomic mass is 32.2. The van der Waals surface area contributed by atoms with E-state index in [2.05, 4.69) is 20.6 Å². The minimum Gasteiger partial charge on any atom is -0.325 e. The van der Waals surface area contributed by atoms with Gasteiger partial charge < -0.3 is 10.6 Å². The zero-order valence-corrected chi connectivity index (χ0v) is 19.8. The molecular weight excluding hydrogens is 450 g/mol. The van der Waals surface area contributed by atoms with Crippen LogP contribution in [-0.4, -0.2) is 41.7 Å². The molecule has 1 saturated carbocycles. The number of rotatable bonds is 5. The molecule has 2 aliphatic rings. The number of fused-ring (bicyclic) bond motifs is 3. The van der Waals surface area contributed by atoms with E-state index in [9.17, 15) is 13.2 Å². The normalized spacial score (nSPS) is 16.4. The Bertz CT molecular complexity index is 1320. The molecule has 2 heterocycles. The van der Waals surface area contributed by atoms with Gasteiger partial charge in [-0.05, 0) is 43.2 Å². The molecule has 2 aromatic carbocycles. The second-order valence-corrected chi connectivity index (χ2v) is 10.8. The molecule has 0 radical (unpaired) electrons. The third-order valence-corrected chi connectivity index (χ3v) is 8.47. The first-order valence-corrected chi connectivity index (χ1v) is 13.0. The molecule has 1 aliphatic carbocycles. The Morgan fingerprint density at radius 2 is 1.76 bits per heavy atom. The molecule has 9 heteroatoms. The van der Waals surface area contributed by atoms with Gasteiger partial charge in [0, 0.05) is 36.1 Å². The van der Waals surface area contributed by atoms with Crippen LogP contribution in [0.25, 0.3) is 11.3 Å². The van der Waals surface area contributed by atoms with Crippen LogP contribution in [0, 0.1) is 0 Å². The third-order valence-electron chi connectivity index (χ3n) is 6.55. The van der Waals surface area contributed by atoms with Gasteiger partial charge in [0.1, 0.15) is 0 Å². The summed E-state index contributed by atoms with van der Waals surface area (Å²) in [6.45, 7) is 0. The highest BCUT2D eigenvalue weighted by molar-refractivity contribution is 7.89. The van der Waals surface area contributed by atoms with Crippen molar-refractivity contribution in [1.29, 1.82) is 0 Å². The SMILES string of the molecule is CN(C1CCCCC1)S(=O)(=O)c1ccc(Nc2ncc3c(n2)-c2ccccc2NC(=O)C3)cc1. The summed E-state index contributed by atoms with van der Waals surface area (Å²) in [6, 6.07) is 14.3. The fourth-order valence-corrected chi connectivity index (χ4v) is 6.06. The average Bonchev–Trinajstić information content (AvgIpc) is 2.99. The number of anilines is 3. The van der Waals surface area contributed by atoms with Crippen LogP contribution in [0.15, 0.2) is 59.6 Å². The van der Waals surface area contributed by atoms with Gasteiger partial charge in [0.2, 0.25) is 21.9 Å². The third kappa shape index (κ3) is 4.41. The largest absolute Gasteiger partial charge is 0.325 e. The van der Waals surface area contributed by atoms with Crippen LogP contribution in [-0.2, 0) is 21.2 Å². The number of carbonyl (C=O) groups excluding carboxylic acids is 1. The average molecular weight is 478 g/mol.